The molecule has 2 aromatic carbocycles. The maximum absolute atomic E-state index is 12.4. The number of amides is 2. The zero-order valence-corrected chi connectivity index (χ0v) is 17.4. The third-order valence-corrected chi connectivity index (χ3v) is 4.62. The van der Waals surface area contributed by atoms with Gasteiger partial charge in [0.1, 0.15) is 0 Å². The van der Waals surface area contributed by atoms with Crippen molar-refractivity contribution in [1.82, 2.24) is 4.98 Å². The molecule has 4 N–H and O–H groups in total. The summed E-state index contributed by atoms with van der Waals surface area (Å²) in [6, 6.07) is 18.9. The minimum Gasteiger partial charge on any atom is -0.370 e. The van der Waals surface area contributed by atoms with Gasteiger partial charge in [0.2, 0.25) is 0 Å². The van der Waals surface area contributed by atoms with Gasteiger partial charge in [-0.25, -0.2) is 9.88 Å². The second-order valence-electron chi connectivity index (χ2n) is 6.46. The van der Waals surface area contributed by atoms with Gasteiger partial charge in [0.15, 0.2) is 11.8 Å². The fraction of sp³-hybridized carbons (Fsp3) is 0.0455. The summed E-state index contributed by atoms with van der Waals surface area (Å²) in [5.74, 6) is -0.515. The molecule has 9 heteroatoms. The highest BCUT2D eigenvalue weighted by Crippen LogP contribution is 2.30. The van der Waals surface area contributed by atoms with E-state index < -0.39 is 0 Å². The fourth-order valence-electron chi connectivity index (χ4n) is 2.92. The van der Waals surface area contributed by atoms with Gasteiger partial charge in [-0.3, -0.25) is 9.59 Å². The Morgan fingerprint density at radius 3 is 2.06 bits per heavy atom. The molecule has 154 valence electrons. The Balaban J connectivity index is 0.000000254. The lowest BCUT2D eigenvalue weighted by atomic mass is 10.1. The van der Waals surface area contributed by atoms with Crippen LogP contribution in [0.15, 0.2) is 70.6 Å². The normalized spacial score (nSPS) is 11.8. The number of aryl methyl sites for hydroxylation is 1. The average molecular weight is 430 g/mol. The van der Waals surface area contributed by atoms with Crippen LogP contribution in [0.3, 0.4) is 0 Å². The second kappa shape index (κ2) is 9.11. The van der Waals surface area contributed by atoms with Crippen molar-refractivity contribution in [2.45, 2.75) is 11.8 Å². The number of aromatic nitrogens is 1. The summed E-state index contributed by atoms with van der Waals surface area (Å²) >= 11 is 4.06. The van der Waals surface area contributed by atoms with Crippen LogP contribution < -0.4 is 16.4 Å². The van der Waals surface area contributed by atoms with Gasteiger partial charge < -0.3 is 11.5 Å². The number of pyridine rings is 1. The van der Waals surface area contributed by atoms with Gasteiger partial charge in [-0.05, 0) is 55.5 Å². The largest absolute Gasteiger partial charge is 0.370 e. The van der Waals surface area contributed by atoms with Gasteiger partial charge in [-0.2, -0.15) is 10.3 Å². The standard InChI is InChI=1S/C15H13N5O2.C7H5NS/c1-8-11(6-7-12(18-8)19-15(16)17)20-13(21)9-4-2-3-5-10(9)14(20)22;8-5-6-1-3-7(9)4-2-6/h2-7H,1H3,(H4,16,17,18,19);1-4,9H. The molecule has 1 aliphatic rings. The molecule has 2 heterocycles. The van der Waals surface area contributed by atoms with Gasteiger partial charge in [0.05, 0.1) is 34.1 Å². The van der Waals surface area contributed by atoms with E-state index >= 15 is 0 Å². The van der Waals surface area contributed by atoms with E-state index in [1.165, 1.54) is 0 Å². The van der Waals surface area contributed by atoms with Crippen LogP contribution in [-0.4, -0.2) is 22.8 Å². The zero-order chi connectivity index (χ0) is 22.5. The van der Waals surface area contributed by atoms with Gasteiger partial charge in [0.25, 0.3) is 11.8 Å². The Bertz CT molecular complexity index is 1190. The molecule has 0 aliphatic carbocycles. The topological polar surface area (TPSA) is 138 Å². The predicted molar refractivity (Wildman–Crippen MR) is 120 cm³/mol. The molecule has 0 bridgehead atoms. The van der Waals surface area contributed by atoms with E-state index in [1.54, 1.807) is 67.6 Å². The summed E-state index contributed by atoms with van der Waals surface area (Å²) in [5, 5.41) is 8.35. The van der Waals surface area contributed by atoms with Crippen molar-refractivity contribution in [3.05, 3.63) is 83.0 Å². The van der Waals surface area contributed by atoms with Crippen LogP contribution in [0.2, 0.25) is 0 Å². The van der Waals surface area contributed by atoms with Crippen LogP contribution in [0.1, 0.15) is 32.0 Å². The number of rotatable bonds is 2. The Kier molecular flexibility index (Phi) is 6.33. The molecule has 0 unspecified atom stereocenters. The Hall–Kier alpha value is -4.16. The number of carbonyl (C=O) groups excluding carboxylic acids is 2. The second-order valence-corrected chi connectivity index (χ2v) is 6.98. The van der Waals surface area contributed by atoms with Crippen molar-refractivity contribution in [1.29, 1.82) is 5.26 Å². The molecule has 0 atom stereocenters. The summed E-state index contributed by atoms with van der Waals surface area (Å²) in [6.45, 7) is 1.69. The molecule has 0 saturated carbocycles. The van der Waals surface area contributed by atoms with Crippen molar-refractivity contribution in [2.75, 3.05) is 4.90 Å². The van der Waals surface area contributed by atoms with E-state index in [9.17, 15) is 9.59 Å². The average Bonchev–Trinajstić information content (AvgIpc) is 3.00. The number of hydrogen-bond donors (Lipinski definition) is 3. The summed E-state index contributed by atoms with van der Waals surface area (Å²) < 4.78 is 0. The summed E-state index contributed by atoms with van der Waals surface area (Å²) in [4.78, 5) is 34.9. The van der Waals surface area contributed by atoms with Gasteiger partial charge in [-0.1, -0.05) is 12.1 Å². The molecule has 3 aromatic rings. The molecular weight excluding hydrogens is 412 g/mol. The first-order valence-corrected chi connectivity index (χ1v) is 9.50. The first kappa shape index (κ1) is 21.5. The van der Waals surface area contributed by atoms with Crippen molar-refractivity contribution >= 4 is 41.9 Å². The smallest absolute Gasteiger partial charge is 0.266 e. The number of imide groups is 1. The molecule has 31 heavy (non-hydrogen) atoms. The number of aliphatic imine (C=N–C) groups is 1. The quantitative estimate of drug-likeness (QED) is 0.247. The first-order valence-electron chi connectivity index (χ1n) is 9.06. The lowest BCUT2D eigenvalue weighted by molar-refractivity contribution is 0.0925. The maximum Gasteiger partial charge on any atom is 0.266 e. The Morgan fingerprint density at radius 1 is 1.00 bits per heavy atom. The van der Waals surface area contributed by atoms with Gasteiger partial charge in [-0.15, -0.1) is 12.6 Å². The molecule has 4 rings (SSSR count). The third-order valence-electron chi connectivity index (χ3n) is 4.32. The lowest BCUT2D eigenvalue weighted by Gasteiger charge is -2.16. The monoisotopic (exact) mass is 430 g/mol. The highest BCUT2D eigenvalue weighted by atomic mass is 32.1. The number of hydrogen-bond acceptors (Lipinski definition) is 6. The summed E-state index contributed by atoms with van der Waals surface area (Å²) in [6.07, 6.45) is 0. The lowest BCUT2D eigenvalue weighted by Crippen LogP contribution is -2.30. The molecular formula is C22H18N6O2S. The van der Waals surface area contributed by atoms with Crippen LogP contribution in [0.5, 0.6) is 0 Å². The Labute approximate surface area is 184 Å². The molecule has 8 nitrogen and oxygen atoms in total. The maximum atomic E-state index is 12.4. The molecule has 1 aliphatic heterocycles. The first-order chi connectivity index (χ1) is 14.8. The number of nitrogens with zero attached hydrogens (tertiary/aromatic N) is 4. The molecule has 1 aromatic heterocycles. The highest BCUT2D eigenvalue weighted by Gasteiger charge is 2.37. The van der Waals surface area contributed by atoms with Crippen molar-refractivity contribution in [3.8, 4) is 6.07 Å². The van der Waals surface area contributed by atoms with E-state index in [-0.39, 0.29) is 17.8 Å². The van der Waals surface area contributed by atoms with E-state index in [4.69, 9.17) is 16.7 Å². The van der Waals surface area contributed by atoms with Crippen molar-refractivity contribution < 1.29 is 9.59 Å². The molecule has 0 radical (unpaired) electrons. The number of nitriles is 1. The van der Waals surface area contributed by atoms with Crippen molar-refractivity contribution in [2.24, 2.45) is 16.5 Å². The van der Waals surface area contributed by atoms with E-state index in [1.807, 2.05) is 6.07 Å². The Morgan fingerprint density at radius 2 is 1.58 bits per heavy atom. The number of benzene rings is 2. The molecule has 0 spiro atoms. The minimum atomic E-state index is -0.361. The molecule has 0 fully saturated rings. The van der Waals surface area contributed by atoms with Crippen LogP contribution in [-0.2, 0) is 0 Å². The predicted octanol–water partition coefficient (Wildman–Crippen LogP) is 2.94. The zero-order valence-electron chi connectivity index (χ0n) is 16.5. The number of carbonyl (C=O) groups is 2. The van der Waals surface area contributed by atoms with Crippen molar-refractivity contribution in [3.63, 3.8) is 0 Å². The summed E-state index contributed by atoms with van der Waals surface area (Å²) in [5.41, 5.74) is 13.0. The summed E-state index contributed by atoms with van der Waals surface area (Å²) in [7, 11) is 0. The van der Waals surface area contributed by atoms with E-state index in [2.05, 4.69) is 22.6 Å². The molecule has 0 saturated heterocycles. The number of guanidine groups is 1. The van der Waals surface area contributed by atoms with Crippen LogP contribution >= 0.6 is 12.6 Å². The molecule has 2 amide bonds. The number of thiol groups is 1. The van der Waals surface area contributed by atoms with E-state index in [0.717, 1.165) is 9.80 Å². The van der Waals surface area contributed by atoms with Crippen LogP contribution in [0.25, 0.3) is 0 Å². The van der Waals surface area contributed by atoms with Gasteiger partial charge >= 0.3 is 0 Å². The van der Waals surface area contributed by atoms with Crippen LogP contribution in [0, 0.1) is 18.3 Å². The number of anilines is 1. The minimum absolute atomic E-state index is 0.111. The van der Waals surface area contributed by atoms with Crippen LogP contribution in [0.4, 0.5) is 11.5 Å². The van der Waals surface area contributed by atoms with E-state index in [0.29, 0.717) is 33.9 Å². The SMILES string of the molecule is Cc1nc(N=C(N)N)ccc1N1C(=O)c2ccccc2C1=O.N#Cc1ccc(S)cc1. The fourth-order valence-corrected chi connectivity index (χ4v) is 3.06. The third kappa shape index (κ3) is 4.71. The number of fused-ring (bicyclic) bond motifs is 1. The highest BCUT2D eigenvalue weighted by molar-refractivity contribution is 7.80. The van der Waals surface area contributed by atoms with Gasteiger partial charge in [0, 0.05) is 4.90 Å². The number of nitrogens with two attached hydrogens (primary N) is 2.